The fourth-order valence-corrected chi connectivity index (χ4v) is 6.47. The first kappa shape index (κ1) is 12.3. The van der Waals surface area contributed by atoms with Crippen molar-refractivity contribution < 1.29 is 26.1 Å². The van der Waals surface area contributed by atoms with E-state index in [2.05, 4.69) is 52.8 Å². The summed E-state index contributed by atoms with van der Waals surface area (Å²) >= 11 is -0.521. The van der Waals surface area contributed by atoms with E-state index < -0.39 is 23.2 Å². The van der Waals surface area contributed by atoms with Gasteiger partial charge in [-0.1, -0.05) is 0 Å². The molecule has 2 aliphatic rings. The molecule has 16 heavy (non-hydrogen) atoms. The standard InChI is InChI=1S/C10H15.C5H5.Zr.2H/c1-7-6-10(4,5)9(3)8(7)2;1-2-4-5-3-1;;;/h1-5H3;1-3H,4H2;;;/q;;+2;2*-1. The van der Waals surface area contributed by atoms with Crippen LogP contribution in [-0.4, -0.2) is 0 Å². The maximum atomic E-state index is 2.40. The van der Waals surface area contributed by atoms with Gasteiger partial charge in [0.1, 0.15) is 0 Å². The van der Waals surface area contributed by atoms with Crippen LogP contribution in [0.3, 0.4) is 0 Å². The first-order chi connectivity index (χ1) is 7.44. The Kier molecular flexibility index (Phi) is 3.28. The molecule has 0 aromatic rings. The van der Waals surface area contributed by atoms with Crippen LogP contribution in [0.2, 0.25) is 0 Å². The molecular formula is C15H22Zr. The molecule has 1 heteroatoms. The first-order valence-electron chi connectivity index (χ1n) is 5.97. The van der Waals surface area contributed by atoms with Gasteiger partial charge >= 0.3 is 111 Å². The van der Waals surface area contributed by atoms with Crippen LogP contribution in [0.1, 0.15) is 43.9 Å². The SMILES string of the molecule is CC1=C(C)C(C)(C)[C]([Zr+2][C]2=CC=CC2)=C1C.[H-].[H-]. The van der Waals surface area contributed by atoms with Gasteiger partial charge in [0.05, 0.1) is 0 Å². The monoisotopic (exact) mass is 292 g/mol. The van der Waals surface area contributed by atoms with Crippen molar-refractivity contribution in [2.75, 3.05) is 0 Å². The molecule has 2 rings (SSSR count). The van der Waals surface area contributed by atoms with Gasteiger partial charge < -0.3 is 2.85 Å². The molecule has 0 aromatic heterocycles. The Morgan fingerprint density at radius 1 is 1.19 bits per heavy atom. The van der Waals surface area contributed by atoms with Crippen molar-refractivity contribution >= 4 is 0 Å². The summed E-state index contributed by atoms with van der Waals surface area (Å²) in [5.41, 5.74) is 5.07. The summed E-state index contributed by atoms with van der Waals surface area (Å²) in [4.78, 5) is 0. The van der Waals surface area contributed by atoms with Crippen LogP contribution in [0.25, 0.3) is 0 Å². The summed E-state index contributed by atoms with van der Waals surface area (Å²) in [5.74, 6) is 0. The van der Waals surface area contributed by atoms with E-state index in [-0.39, 0.29) is 2.85 Å². The molecule has 0 aromatic carbocycles. The molecule has 0 bridgehead atoms. The van der Waals surface area contributed by atoms with E-state index in [1.54, 1.807) is 23.3 Å². The minimum atomic E-state index is -0.521. The minimum absolute atomic E-state index is 0. The third-order valence-corrected chi connectivity index (χ3v) is 8.89. The Balaban J connectivity index is 0.00000144. The maximum absolute atomic E-state index is 2.40. The van der Waals surface area contributed by atoms with Gasteiger partial charge in [0.25, 0.3) is 0 Å². The third-order valence-electron chi connectivity index (χ3n) is 4.12. The Morgan fingerprint density at radius 3 is 2.31 bits per heavy atom. The Labute approximate surface area is 114 Å². The third kappa shape index (κ3) is 1.88. The predicted octanol–water partition coefficient (Wildman–Crippen LogP) is 4.79. The molecule has 0 fully saturated rings. The average molecular weight is 294 g/mol. The molecule has 0 nitrogen and oxygen atoms in total. The fraction of sp³-hybridized carbons (Fsp3) is 0.467. The van der Waals surface area contributed by atoms with Gasteiger partial charge in [-0.2, -0.15) is 0 Å². The molecule has 0 amide bonds. The zero-order valence-electron chi connectivity index (χ0n) is 12.9. The van der Waals surface area contributed by atoms with E-state index in [0.717, 1.165) is 0 Å². The van der Waals surface area contributed by atoms with Gasteiger partial charge in [-0.15, -0.1) is 0 Å². The van der Waals surface area contributed by atoms with Gasteiger partial charge in [-0.25, -0.2) is 0 Å². The van der Waals surface area contributed by atoms with Gasteiger partial charge in [0.15, 0.2) is 0 Å². The largest absolute Gasteiger partial charge is 1.00 e. The molecule has 0 saturated carbocycles. The number of hydrogen-bond acceptors (Lipinski definition) is 0. The topological polar surface area (TPSA) is 0 Å². The molecular weight excluding hydrogens is 271 g/mol. The fourth-order valence-electron chi connectivity index (χ4n) is 2.54. The van der Waals surface area contributed by atoms with E-state index >= 15 is 0 Å². The quantitative estimate of drug-likeness (QED) is 0.687. The summed E-state index contributed by atoms with van der Waals surface area (Å²) in [7, 11) is 0. The average Bonchev–Trinajstić information content (AvgIpc) is 2.78. The molecule has 0 spiro atoms. The normalized spacial score (nSPS) is 22.9. The van der Waals surface area contributed by atoms with E-state index in [9.17, 15) is 0 Å². The number of rotatable bonds is 2. The van der Waals surface area contributed by atoms with Gasteiger partial charge in [-0.05, 0) is 0 Å². The molecule has 0 saturated heterocycles. The summed E-state index contributed by atoms with van der Waals surface area (Å²) in [6, 6.07) is 0. The van der Waals surface area contributed by atoms with Crippen LogP contribution < -0.4 is 0 Å². The molecule has 0 unspecified atom stereocenters. The minimum Gasteiger partial charge on any atom is -1.00 e. The second-order valence-corrected chi connectivity index (χ2v) is 8.75. The van der Waals surface area contributed by atoms with Crippen LogP contribution >= 0.6 is 0 Å². The van der Waals surface area contributed by atoms with Crippen LogP contribution in [-0.2, 0) is 23.2 Å². The van der Waals surface area contributed by atoms with Crippen molar-refractivity contribution in [3.8, 4) is 0 Å². The van der Waals surface area contributed by atoms with Crippen LogP contribution in [0.5, 0.6) is 0 Å². The van der Waals surface area contributed by atoms with Crippen LogP contribution in [0.15, 0.2) is 41.5 Å². The van der Waals surface area contributed by atoms with Crippen molar-refractivity contribution in [2.24, 2.45) is 5.41 Å². The second kappa shape index (κ2) is 4.26. The van der Waals surface area contributed by atoms with Crippen molar-refractivity contribution in [2.45, 2.75) is 41.0 Å². The molecule has 0 heterocycles. The van der Waals surface area contributed by atoms with Gasteiger partial charge in [0, 0.05) is 0 Å². The smallest absolute Gasteiger partial charge is 1.00 e. The first-order valence-corrected chi connectivity index (χ1v) is 8.43. The Bertz CT molecular complexity index is 451. The predicted molar refractivity (Wildman–Crippen MR) is 68.9 cm³/mol. The molecule has 0 N–H and O–H groups in total. The van der Waals surface area contributed by atoms with Crippen molar-refractivity contribution in [3.05, 3.63) is 41.5 Å². The Morgan fingerprint density at radius 2 is 1.88 bits per heavy atom. The summed E-state index contributed by atoms with van der Waals surface area (Å²) < 4.78 is 3.52. The van der Waals surface area contributed by atoms with Gasteiger partial charge in [0.2, 0.25) is 0 Å². The molecule has 0 atom stereocenters. The van der Waals surface area contributed by atoms with Crippen LogP contribution in [0.4, 0.5) is 0 Å². The van der Waals surface area contributed by atoms with E-state index in [0.29, 0.717) is 5.41 Å². The zero-order valence-corrected chi connectivity index (χ0v) is 13.4. The molecule has 0 aliphatic heterocycles. The summed E-state index contributed by atoms with van der Waals surface area (Å²) in [5, 5.41) is 0. The molecule has 2 aliphatic carbocycles. The van der Waals surface area contributed by atoms with Crippen molar-refractivity contribution in [3.63, 3.8) is 0 Å². The maximum Gasteiger partial charge on any atom is -1.00 e. The van der Waals surface area contributed by atoms with Gasteiger partial charge in [-0.3, -0.25) is 0 Å². The van der Waals surface area contributed by atoms with Crippen molar-refractivity contribution in [1.82, 2.24) is 0 Å². The van der Waals surface area contributed by atoms with E-state index in [4.69, 9.17) is 0 Å². The number of hydrogen-bond donors (Lipinski definition) is 0. The van der Waals surface area contributed by atoms with Crippen LogP contribution in [0, 0.1) is 5.41 Å². The molecule has 0 radical (unpaired) electrons. The van der Waals surface area contributed by atoms with E-state index in [1.807, 2.05) is 0 Å². The summed E-state index contributed by atoms with van der Waals surface area (Å²) in [6.07, 6.45) is 8.09. The summed E-state index contributed by atoms with van der Waals surface area (Å²) in [6.45, 7) is 11.7. The second-order valence-electron chi connectivity index (χ2n) is 5.32. The van der Waals surface area contributed by atoms with E-state index in [1.165, 1.54) is 6.42 Å². The molecule has 86 valence electrons. The number of allylic oxidation sites excluding steroid dienone is 8. The zero-order chi connectivity index (χ0) is 11.9. The van der Waals surface area contributed by atoms with Crippen molar-refractivity contribution in [1.29, 1.82) is 0 Å². The Hall–Kier alpha value is -0.157.